The van der Waals surface area contributed by atoms with Crippen LogP contribution in [0, 0.1) is 9.49 Å². The molecule has 1 N–H and O–H groups in total. The van der Waals surface area contributed by atoms with E-state index in [1.807, 2.05) is 0 Å². The Bertz CT molecular complexity index is 393. The number of hydrogen-bond donors (Lipinski definition) is 1. The van der Waals surface area contributed by atoms with Gasteiger partial charge in [0.1, 0.15) is 0 Å². The highest BCUT2D eigenvalue weighted by Gasteiger charge is 2.21. The second kappa shape index (κ2) is 7.22. The topological polar surface area (TPSA) is 21.3 Å². The summed E-state index contributed by atoms with van der Waals surface area (Å²) in [6, 6.07) is 6.96. The van der Waals surface area contributed by atoms with Crippen molar-refractivity contribution < 1.29 is 4.74 Å². The highest BCUT2D eigenvalue weighted by atomic mass is 127. The Kier molecular flexibility index (Phi) is 5.92. The standard InChI is InChI=1S/C14H19BrINO/c1-17-14(8-10-4-6-18-7-5-10)12-9-11(15)2-3-13(12)16/h2-3,9-10,14,17H,4-8H2,1H3. The summed E-state index contributed by atoms with van der Waals surface area (Å²) >= 11 is 5.99. The molecule has 1 heterocycles. The van der Waals surface area contributed by atoms with E-state index in [-0.39, 0.29) is 0 Å². The molecule has 1 aromatic carbocycles. The average molecular weight is 424 g/mol. The van der Waals surface area contributed by atoms with E-state index in [1.165, 1.54) is 28.4 Å². The molecule has 0 bridgehead atoms. The third-order valence-electron chi connectivity index (χ3n) is 3.59. The number of ether oxygens (including phenoxy) is 1. The Hall–Kier alpha value is 0.350. The Morgan fingerprint density at radius 3 is 2.83 bits per heavy atom. The van der Waals surface area contributed by atoms with Crippen LogP contribution in [0.2, 0.25) is 0 Å². The molecule has 18 heavy (non-hydrogen) atoms. The molecular formula is C14H19BrINO. The smallest absolute Gasteiger partial charge is 0.0468 e. The van der Waals surface area contributed by atoms with E-state index in [0.29, 0.717) is 6.04 Å². The summed E-state index contributed by atoms with van der Waals surface area (Å²) < 4.78 is 7.93. The van der Waals surface area contributed by atoms with Gasteiger partial charge in [0.2, 0.25) is 0 Å². The maximum absolute atomic E-state index is 5.43. The first-order valence-electron chi connectivity index (χ1n) is 6.40. The van der Waals surface area contributed by atoms with Gasteiger partial charge in [0.25, 0.3) is 0 Å². The van der Waals surface area contributed by atoms with Gasteiger partial charge >= 0.3 is 0 Å². The van der Waals surface area contributed by atoms with Crippen molar-refractivity contribution in [2.75, 3.05) is 20.3 Å². The van der Waals surface area contributed by atoms with Gasteiger partial charge in [-0.05, 0) is 78.6 Å². The van der Waals surface area contributed by atoms with E-state index in [9.17, 15) is 0 Å². The van der Waals surface area contributed by atoms with Gasteiger partial charge < -0.3 is 10.1 Å². The van der Waals surface area contributed by atoms with Crippen molar-refractivity contribution in [3.8, 4) is 0 Å². The predicted octanol–water partition coefficient (Wildman–Crippen LogP) is 4.13. The van der Waals surface area contributed by atoms with Crippen molar-refractivity contribution >= 4 is 38.5 Å². The normalized spacial score (nSPS) is 18.8. The number of rotatable bonds is 4. The van der Waals surface area contributed by atoms with Crippen LogP contribution in [0.4, 0.5) is 0 Å². The molecular weight excluding hydrogens is 405 g/mol. The van der Waals surface area contributed by atoms with E-state index in [4.69, 9.17) is 4.74 Å². The highest BCUT2D eigenvalue weighted by molar-refractivity contribution is 14.1. The Morgan fingerprint density at radius 1 is 1.44 bits per heavy atom. The van der Waals surface area contributed by atoms with Crippen LogP contribution in [0.3, 0.4) is 0 Å². The zero-order valence-electron chi connectivity index (χ0n) is 10.6. The first kappa shape index (κ1) is 14.8. The van der Waals surface area contributed by atoms with E-state index in [2.05, 4.69) is 69.1 Å². The molecule has 0 aromatic heterocycles. The fraction of sp³-hybridized carbons (Fsp3) is 0.571. The average Bonchev–Trinajstić information content (AvgIpc) is 2.40. The molecule has 1 aliphatic heterocycles. The number of hydrogen-bond acceptors (Lipinski definition) is 2. The fourth-order valence-electron chi connectivity index (χ4n) is 2.50. The molecule has 0 radical (unpaired) electrons. The molecule has 1 aromatic rings. The van der Waals surface area contributed by atoms with Gasteiger partial charge in [-0.15, -0.1) is 0 Å². The van der Waals surface area contributed by atoms with Crippen molar-refractivity contribution in [3.63, 3.8) is 0 Å². The summed E-state index contributed by atoms with van der Waals surface area (Å²) in [7, 11) is 2.06. The minimum Gasteiger partial charge on any atom is -0.381 e. The van der Waals surface area contributed by atoms with Gasteiger partial charge in [0, 0.05) is 27.3 Å². The van der Waals surface area contributed by atoms with Crippen molar-refractivity contribution in [1.82, 2.24) is 5.32 Å². The van der Waals surface area contributed by atoms with Crippen LogP contribution in [-0.2, 0) is 4.74 Å². The van der Waals surface area contributed by atoms with E-state index in [0.717, 1.165) is 23.6 Å². The summed E-state index contributed by atoms with van der Waals surface area (Å²) in [6.45, 7) is 1.85. The van der Waals surface area contributed by atoms with Crippen LogP contribution in [0.1, 0.15) is 30.9 Å². The summed E-state index contributed by atoms with van der Waals surface area (Å²) in [5.41, 5.74) is 1.40. The van der Waals surface area contributed by atoms with Crippen molar-refractivity contribution in [1.29, 1.82) is 0 Å². The number of halogens is 2. The van der Waals surface area contributed by atoms with Gasteiger partial charge in [-0.1, -0.05) is 15.9 Å². The fourth-order valence-corrected chi connectivity index (χ4v) is 3.59. The molecule has 0 saturated carbocycles. The summed E-state index contributed by atoms with van der Waals surface area (Å²) in [5, 5.41) is 3.47. The molecule has 1 unspecified atom stereocenters. The molecule has 2 nitrogen and oxygen atoms in total. The van der Waals surface area contributed by atoms with E-state index < -0.39 is 0 Å². The molecule has 0 aliphatic carbocycles. The first-order chi connectivity index (χ1) is 8.70. The van der Waals surface area contributed by atoms with Gasteiger partial charge in [0.05, 0.1) is 0 Å². The lowest BCUT2D eigenvalue weighted by Crippen LogP contribution is -2.24. The van der Waals surface area contributed by atoms with Crippen LogP contribution in [-0.4, -0.2) is 20.3 Å². The van der Waals surface area contributed by atoms with E-state index in [1.54, 1.807) is 0 Å². The molecule has 0 spiro atoms. The van der Waals surface area contributed by atoms with Crippen LogP contribution in [0.15, 0.2) is 22.7 Å². The van der Waals surface area contributed by atoms with Crippen LogP contribution in [0.5, 0.6) is 0 Å². The van der Waals surface area contributed by atoms with Gasteiger partial charge in [-0.25, -0.2) is 0 Å². The van der Waals surface area contributed by atoms with Crippen molar-refractivity contribution in [3.05, 3.63) is 31.8 Å². The lowest BCUT2D eigenvalue weighted by molar-refractivity contribution is 0.0607. The zero-order chi connectivity index (χ0) is 13.0. The third kappa shape index (κ3) is 3.92. The highest BCUT2D eigenvalue weighted by Crippen LogP contribution is 2.31. The van der Waals surface area contributed by atoms with Crippen molar-refractivity contribution in [2.45, 2.75) is 25.3 Å². The second-order valence-electron chi connectivity index (χ2n) is 4.80. The third-order valence-corrected chi connectivity index (χ3v) is 5.07. The maximum atomic E-state index is 5.43. The molecule has 4 heteroatoms. The van der Waals surface area contributed by atoms with Crippen LogP contribution < -0.4 is 5.32 Å². The molecule has 1 atom stereocenters. The van der Waals surface area contributed by atoms with E-state index >= 15 is 0 Å². The summed E-state index contributed by atoms with van der Waals surface area (Å²) in [5.74, 6) is 0.783. The summed E-state index contributed by atoms with van der Waals surface area (Å²) in [4.78, 5) is 0. The molecule has 1 fully saturated rings. The van der Waals surface area contributed by atoms with Gasteiger partial charge in [-0.2, -0.15) is 0 Å². The zero-order valence-corrected chi connectivity index (χ0v) is 14.3. The Balaban J connectivity index is 2.09. The minimum atomic E-state index is 0.442. The minimum absolute atomic E-state index is 0.442. The first-order valence-corrected chi connectivity index (χ1v) is 8.28. The Morgan fingerprint density at radius 2 is 2.17 bits per heavy atom. The predicted molar refractivity (Wildman–Crippen MR) is 86.8 cm³/mol. The monoisotopic (exact) mass is 423 g/mol. The number of benzene rings is 1. The quantitative estimate of drug-likeness (QED) is 0.735. The summed E-state index contributed by atoms with van der Waals surface area (Å²) in [6.07, 6.45) is 3.60. The SMILES string of the molecule is CNC(CC1CCOCC1)c1cc(Br)ccc1I. The Labute approximate surface area is 131 Å². The van der Waals surface area contributed by atoms with Crippen LogP contribution >= 0.6 is 38.5 Å². The molecule has 2 rings (SSSR count). The molecule has 1 saturated heterocycles. The molecule has 100 valence electrons. The lowest BCUT2D eigenvalue weighted by atomic mass is 9.89. The van der Waals surface area contributed by atoms with Crippen LogP contribution in [0.25, 0.3) is 0 Å². The molecule has 1 aliphatic rings. The lowest BCUT2D eigenvalue weighted by Gasteiger charge is -2.27. The maximum Gasteiger partial charge on any atom is 0.0468 e. The van der Waals surface area contributed by atoms with Crippen molar-refractivity contribution in [2.24, 2.45) is 5.92 Å². The largest absolute Gasteiger partial charge is 0.381 e. The second-order valence-corrected chi connectivity index (χ2v) is 6.88. The molecule has 0 amide bonds. The van der Waals surface area contributed by atoms with Gasteiger partial charge in [0.15, 0.2) is 0 Å². The number of nitrogens with one attached hydrogen (secondary N) is 1. The van der Waals surface area contributed by atoms with Gasteiger partial charge in [-0.3, -0.25) is 0 Å².